The fraction of sp³-hybridized carbons (Fsp3) is 0.538. The first-order valence-electron chi connectivity index (χ1n) is 6.55. The average molecular weight is 299 g/mol. The number of sulfonamides is 1. The summed E-state index contributed by atoms with van der Waals surface area (Å²) >= 11 is 0. The number of aryl methyl sites for hydroxylation is 2. The summed E-state index contributed by atoms with van der Waals surface area (Å²) in [5, 5.41) is 0. The molecule has 1 aliphatic heterocycles. The molecule has 1 fully saturated rings. The first-order chi connectivity index (χ1) is 9.37. The second-order valence-corrected chi connectivity index (χ2v) is 6.95. The number of nitrogen functional groups attached to an aromatic ring is 1. The Balaban J connectivity index is 2.49. The van der Waals surface area contributed by atoms with Crippen molar-refractivity contribution in [1.29, 1.82) is 0 Å². The third kappa shape index (κ3) is 2.67. The zero-order valence-electron chi connectivity index (χ0n) is 12.0. The van der Waals surface area contributed by atoms with Crippen LogP contribution in [0.2, 0.25) is 0 Å². The van der Waals surface area contributed by atoms with E-state index in [9.17, 15) is 8.42 Å². The van der Waals surface area contributed by atoms with E-state index in [2.05, 4.69) is 5.43 Å². The molecule has 0 spiro atoms. The van der Waals surface area contributed by atoms with Crippen LogP contribution in [0.25, 0.3) is 0 Å². The minimum Gasteiger partial charge on any atom is -0.378 e. The van der Waals surface area contributed by atoms with Gasteiger partial charge in [-0.2, -0.15) is 4.31 Å². The fourth-order valence-corrected chi connectivity index (χ4v) is 4.64. The third-order valence-electron chi connectivity index (χ3n) is 3.50. The zero-order chi connectivity index (χ0) is 14.9. The molecule has 1 atom stereocenters. The van der Waals surface area contributed by atoms with Crippen molar-refractivity contribution in [2.24, 2.45) is 5.84 Å². The monoisotopic (exact) mass is 299 g/mol. The normalized spacial score (nSPS) is 20.9. The molecule has 1 aromatic carbocycles. The van der Waals surface area contributed by atoms with Crippen molar-refractivity contribution in [1.82, 2.24) is 4.31 Å². The highest BCUT2D eigenvalue weighted by Gasteiger charge is 2.33. The van der Waals surface area contributed by atoms with E-state index in [1.165, 1.54) is 4.31 Å². The predicted molar refractivity (Wildman–Crippen MR) is 77.9 cm³/mol. The molecule has 0 amide bonds. The zero-order valence-corrected chi connectivity index (χ0v) is 12.8. The number of morpholine rings is 1. The van der Waals surface area contributed by atoms with E-state index >= 15 is 0 Å². The van der Waals surface area contributed by atoms with Crippen LogP contribution in [0, 0.1) is 13.8 Å². The lowest BCUT2D eigenvalue weighted by Crippen LogP contribution is -2.47. The topological polar surface area (TPSA) is 84.7 Å². The van der Waals surface area contributed by atoms with E-state index in [1.54, 1.807) is 26.0 Å². The van der Waals surface area contributed by atoms with Crippen LogP contribution in [0.15, 0.2) is 17.0 Å². The highest BCUT2D eigenvalue weighted by molar-refractivity contribution is 7.89. The lowest BCUT2D eigenvalue weighted by atomic mass is 10.1. The Bertz CT molecular complexity index is 578. The van der Waals surface area contributed by atoms with Crippen LogP contribution < -0.4 is 11.3 Å². The SMILES string of the molecule is Cc1cc(NN)cc(C)c1S(=O)(=O)N1CCOCC1C. The molecule has 3 N–H and O–H groups in total. The lowest BCUT2D eigenvalue weighted by molar-refractivity contribution is 0.0392. The summed E-state index contributed by atoms with van der Waals surface area (Å²) in [5.74, 6) is 5.39. The van der Waals surface area contributed by atoms with Crippen LogP contribution in [0.1, 0.15) is 18.1 Å². The van der Waals surface area contributed by atoms with Crippen LogP contribution in [0.5, 0.6) is 0 Å². The Hall–Kier alpha value is -1.15. The molecule has 20 heavy (non-hydrogen) atoms. The first-order valence-corrected chi connectivity index (χ1v) is 7.99. The minimum atomic E-state index is -3.51. The molecule has 0 aliphatic carbocycles. The number of anilines is 1. The number of benzene rings is 1. The van der Waals surface area contributed by atoms with Crippen LogP contribution in [0.3, 0.4) is 0 Å². The summed E-state index contributed by atoms with van der Waals surface area (Å²) in [5.41, 5.74) is 4.63. The molecule has 1 aliphatic rings. The number of nitrogens with zero attached hydrogens (tertiary/aromatic N) is 1. The lowest BCUT2D eigenvalue weighted by Gasteiger charge is -2.33. The maximum absolute atomic E-state index is 12.9. The van der Waals surface area contributed by atoms with Crippen LogP contribution in [-0.2, 0) is 14.8 Å². The molecule has 1 heterocycles. The quantitative estimate of drug-likeness (QED) is 0.642. The van der Waals surface area contributed by atoms with Gasteiger partial charge in [-0.15, -0.1) is 0 Å². The second-order valence-electron chi connectivity index (χ2n) is 5.12. The molecule has 0 saturated carbocycles. The number of nitrogens with one attached hydrogen (secondary N) is 1. The molecular weight excluding hydrogens is 278 g/mol. The number of nitrogens with two attached hydrogens (primary N) is 1. The van der Waals surface area contributed by atoms with E-state index < -0.39 is 10.0 Å². The van der Waals surface area contributed by atoms with Crippen LogP contribution >= 0.6 is 0 Å². The largest absolute Gasteiger partial charge is 0.378 e. The van der Waals surface area contributed by atoms with E-state index in [0.717, 1.165) is 0 Å². The molecular formula is C13H21N3O3S. The van der Waals surface area contributed by atoms with Gasteiger partial charge >= 0.3 is 0 Å². The van der Waals surface area contributed by atoms with Gasteiger partial charge in [0.05, 0.1) is 18.1 Å². The molecule has 2 rings (SSSR count). The molecule has 0 aromatic heterocycles. The van der Waals surface area contributed by atoms with Crippen LogP contribution in [-0.4, -0.2) is 38.5 Å². The predicted octanol–water partition coefficient (Wildman–Crippen LogP) is 0.998. The van der Waals surface area contributed by atoms with Crippen molar-refractivity contribution >= 4 is 15.7 Å². The number of hydrogen-bond acceptors (Lipinski definition) is 5. The minimum absolute atomic E-state index is 0.153. The van der Waals surface area contributed by atoms with E-state index in [1.807, 2.05) is 6.92 Å². The molecule has 7 heteroatoms. The van der Waals surface area contributed by atoms with Gasteiger partial charge in [0, 0.05) is 18.3 Å². The summed E-state index contributed by atoms with van der Waals surface area (Å²) in [6.07, 6.45) is 0. The van der Waals surface area contributed by atoms with Gasteiger partial charge in [-0.25, -0.2) is 8.42 Å². The summed E-state index contributed by atoms with van der Waals surface area (Å²) in [4.78, 5) is 0.366. The highest BCUT2D eigenvalue weighted by atomic mass is 32.2. The Morgan fingerprint density at radius 2 is 1.95 bits per heavy atom. The standard InChI is InChI=1S/C13H21N3O3S/c1-9-6-12(15-14)7-10(2)13(9)20(17,18)16-4-5-19-8-11(16)3/h6-7,11,15H,4-5,8,14H2,1-3H3. The maximum Gasteiger partial charge on any atom is 0.244 e. The van der Waals surface area contributed by atoms with Crippen molar-refractivity contribution in [3.63, 3.8) is 0 Å². The number of rotatable bonds is 3. The Morgan fingerprint density at radius 3 is 2.45 bits per heavy atom. The second kappa shape index (κ2) is 5.69. The molecule has 1 saturated heterocycles. The van der Waals surface area contributed by atoms with Gasteiger partial charge in [0.15, 0.2) is 0 Å². The smallest absolute Gasteiger partial charge is 0.244 e. The molecule has 0 bridgehead atoms. The molecule has 0 radical (unpaired) electrons. The molecule has 112 valence electrons. The fourth-order valence-electron chi connectivity index (χ4n) is 2.63. The van der Waals surface area contributed by atoms with Crippen molar-refractivity contribution in [3.05, 3.63) is 23.3 Å². The van der Waals surface area contributed by atoms with Crippen molar-refractivity contribution in [2.75, 3.05) is 25.2 Å². The average Bonchev–Trinajstić information content (AvgIpc) is 2.37. The van der Waals surface area contributed by atoms with Gasteiger partial charge in [0.1, 0.15) is 0 Å². The Kier molecular flexibility index (Phi) is 4.33. The molecule has 1 aromatic rings. The van der Waals surface area contributed by atoms with E-state index in [-0.39, 0.29) is 6.04 Å². The van der Waals surface area contributed by atoms with Gasteiger partial charge < -0.3 is 10.2 Å². The summed E-state index contributed by atoms with van der Waals surface area (Å²) in [6, 6.07) is 3.33. The summed E-state index contributed by atoms with van der Waals surface area (Å²) in [7, 11) is -3.51. The van der Waals surface area contributed by atoms with Gasteiger partial charge in [-0.1, -0.05) is 0 Å². The highest BCUT2D eigenvalue weighted by Crippen LogP contribution is 2.28. The van der Waals surface area contributed by atoms with E-state index in [4.69, 9.17) is 10.6 Å². The number of hydrazine groups is 1. The van der Waals surface area contributed by atoms with Crippen molar-refractivity contribution in [2.45, 2.75) is 31.7 Å². The maximum atomic E-state index is 12.9. The Morgan fingerprint density at radius 1 is 1.35 bits per heavy atom. The van der Waals surface area contributed by atoms with Gasteiger partial charge in [-0.05, 0) is 44.0 Å². The van der Waals surface area contributed by atoms with Gasteiger partial charge in [-0.3, -0.25) is 5.84 Å². The molecule has 1 unspecified atom stereocenters. The van der Waals surface area contributed by atoms with Crippen LogP contribution in [0.4, 0.5) is 5.69 Å². The number of ether oxygens (including phenoxy) is 1. The summed E-state index contributed by atoms with van der Waals surface area (Å²) < 4.78 is 32.5. The molecule has 6 nitrogen and oxygen atoms in total. The van der Waals surface area contributed by atoms with Gasteiger partial charge in [0.2, 0.25) is 10.0 Å². The first kappa shape index (κ1) is 15.2. The van der Waals surface area contributed by atoms with Crippen molar-refractivity contribution in [3.8, 4) is 0 Å². The third-order valence-corrected chi connectivity index (χ3v) is 5.82. The van der Waals surface area contributed by atoms with E-state index in [0.29, 0.717) is 41.5 Å². The van der Waals surface area contributed by atoms with Gasteiger partial charge in [0.25, 0.3) is 0 Å². The Labute approximate surface area is 119 Å². The summed E-state index contributed by atoms with van der Waals surface area (Å²) in [6.45, 7) is 6.68. The van der Waals surface area contributed by atoms with Crippen molar-refractivity contribution < 1.29 is 13.2 Å². The number of hydrogen-bond donors (Lipinski definition) is 2.